The van der Waals surface area contributed by atoms with E-state index in [2.05, 4.69) is 27.9 Å². The fraction of sp³-hybridized carbons (Fsp3) is 0.929. The predicted octanol–water partition coefficient (Wildman–Crippen LogP) is 4.07. The minimum atomic E-state index is 0.269. The maximum atomic E-state index is 11.6. The van der Waals surface area contributed by atoms with Crippen LogP contribution in [0.1, 0.15) is 64.2 Å². The van der Waals surface area contributed by atoms with Gasteiger partial charge in [0.15, 0.2) is 0 Å². The molecule has 0 unspecified atom stereocenters. The summed E-state index contributed by atoms with van der Waals surface area (Å²) in [6.07, 6.45) is 12.4. The molecule has 1 rings (SSSR count). The Hall–Kier alpha value is 0.200. The van der Waals surface area contributed by atoms with E-state index in [9.17, 15) is 4.79 Å². The van der Waals surface area contributed by atoms with Crippen LogP contribution in [0.25, 0.3) is 0 Å². The lowest BCUT2D eigenvalue weighted by molar-refractivity contribution is -0.121. The van der Waals surface area contributed by atoms with Crippen molar-refractivity contribution in [1.82, 2.24) is 5.32 Å². The second-order valence-corrected chi connectivity index (χ2v) is 6.22. The summed E-state index contributed by atoms with van der Waals surface area (Å²) in [6, 6.07) is 0. The van der Waals surface area contributed by atoms with Crippen molar-refractivity contribution in [3.8, 4) is 0 Å². The summed E-state index contributed by atoms with van der Waals surface area (Å²) in [5.41, 5.74) is 0. The first kappa shape index (κ1) is 15.3. The highest BCUT2D eigenvalue weighted by Crippen LogP contribution is 2.27. The molecule has 0 spiro atoms. The van der Waals surface area contributed by atoms with Crippen molar-refractivity contribution in [1.29, 1.82) is 0 Å². The van der Waals surface area contributed by atoms with E-state index in [1.807, 2.05) is 0 Å². The lowest BCUT2D eigenvalue weighted by Crippen LogP contribution is -2.25. The van der Waals surface area contributed by atoms with Crippen LogP contribution in [-0.4, -0.2) is 16.9 Å². The molecular formula is C14H26INO. The van der Waals surface area contributed by atoms with Crippen LogP contribution in [0.5, 0.6) is 0 Å². The van der Waals surface area contributed by atoms with Gasteiger partial charge in [-0.25, -0.2) is 0 Å². The Labute approximate surface area is 119 Å². The van der Waals surface area contributed by atoms with E-state index in [1.54, 1.807) is 0 Å². The monoisotopic (exact) mass is 351 g/mol. The average molecular weight is 351 g/mol. The van der Waals surface area contributed by atoms with E-state index in [0.717, 1.165) is 31.7 Å². The fourth-order valence-corrected chi connectivity index (χ4v) is 3.06. The summed E-state index contributed by atoms with van der Waals surface area (Å²) in [6.45, 7) is 0.875. The second kappa shape index (κ2) is 10.2. The zero-order valence-corrected chi connectivity index (χ0v) is 13.0. The Balaban J connectivity index is 1.93. The molecule has 1 amide bonds. The van der Waals surface area contributed by atoms with Crippen molar-refractivity contribution in [3.05, 3.63) is 0 Å². The van der Waals surface area contributed by atoms with Gasteiger partial charge in [0.05, 0.1) is 0 Å². The number of unbranched alkanes of at least 4 members (excludes halogenated alkanes) is 2. The van der Waals surface area contributed by atoms with Gasteiger partial charge in [-0.1, -0.05) is 61.1 Å². The molecule has 100 valence electrons. The Kier molecular flexibility index (Phi) is 9.11. The number of carbonyl (C=O) groups is 1. The number of carbonyl (C=O) groups excluding carboxylic acids is 1. The first-order valence-electron chi connectivity index (χ1n) is 7.15. The molecule has 0 aromatic carbocycles. The normalized spacial score (nSPS) is 17.0. The lowest BCUT2D eigenvalue weighted by atomic mass is 9.86. The minimum absolute atomic E-state index is 0.269. The molecule has 0 aromatic rings. The summed E-state index contributed by atoms with van der Waals surface area (Å²) in [5.74, 6) is 1.10. The molecule has 0 atom stereocenters. The zero-order valence-electron chi connectivity index (χ0n) is 10.8. The second-order valence-electron chi connectivity index (χ2n) is 5.14. The lowest BCUT2D eigenvalue weighted by Gasteiger charge is -2.20. The third-order valence-corrected chi connectivity index (χ3v) is 4.40. The first-order chi connectivity index (χ1) is 8.33. The van der Waals surface area contributed by atoms with Crippen LogP contribution >= 0.6 is 22.6 Å². The number of hydrogen-bond donors (Lipinski definition) is 1. The number of nitrogens with one attached hydrogen (secondary N) is 1. The third kappa shape index (κ3) is 8.01. The maximum Gasteiger partial charge on any atom is 0.220 e. The van der Waals surface area contributed by atoms with Gasteiger partial charge >= 0.3 is 0 Å². The molecule has 0 bridgehead atoms. The van der Waals surface area contributed by atoms with Gasteiger partial charge in [-0.05, 0) is 29.6 Å². The average Bonchev–Trinajstić information content (AvgIpc) is 2.37. The van der Waals surface area contributed by atoms with E-state index in [0.29, 0.717) is 0 Å². The summed E-state index contributed by atoms with van der Waals surface area (Å²) in [7, 11) is 0. The number of hydrogen-bond acceptors (Lipinski definition) is 1. The van der Waals surface area contributed by atoms with Gasteiger partial charge in [0, 0.05) is 13.0 Å². The van der Waals surface area contributed by atoms with Gasteiger partial charge in [-0.3, -0.25) is 4.79 Å². The Bertz CT molecular complexity index is 202. The summed E-state index contributed by atoms with van der Waals surface area (Å²) < 4.78 is 1.23. The Morgan fingerprint density at radius 2 is 1.88 bits per heavy atom. The van der Waals surface area contributed by atoms with Crippen molar-refractivity contribution >= 4 is 28.5 Å². The number of alkyl halides is 1. The Morgan fingerprint density at radius 3 is 2.59 bits per heavy atom. The fourth-order valence-electron chi connectivity index (χ4n) is 2.52. The van der Waals surface area contributed by atoms with Crippen LogP contribution in [-0.2, 0) is 4.79 Å². The molecular weight excluding hydrogens is 325 g/mol. The molecule has 17 heavy (non-hydrogen) atoms. The quantitative estimate of drug-likeness (QED) is 0.399. The van der Waals surface area contributed by atoms with E-state index < -0.39 is 0 Å². The van der Waals surface area contributed by atoms with Crippen LogP contribution in [0.4, 0.5) is 0 Å². The number of rotatable bonds is 8. The summed E-state index contributed by atoms with van der Waals surface area (Å²) in [5, 5.41) is 3.04. The SMILES string of the molecule is O=C(CCC1CCCCC1)NCCCCCI. The van der Waals surface area contributed by atoms with Gasteiger partial charge in [0.1, 0.15) is 0 Å². The van der Waals surface area contributed by atoms with E-state index in [1.165, 1.54) is 49.4 Å². The van der Waals surface area contributed by atoms with Gasteiger partial charge in [0.2, 0.25) is 5.91 Å². The molecule has 2 nitrogen and oxygen atoms in total. The topological polar surface area (TPSA) is 29.1 Å². The smallest absolute Gasteiger partial charge is 0.220 e. The van der Waals surface area contributed by atoms with Gasteiger partial charge < -0.3 is 5.32 Å². The molecule has 1 N–H and O–H groups in total. The molecule has 1 aliphatic carbocycles. The molecule has 3 heteroatoms. The van der Waals surface area contributed by atoms with Crippen LogP contribution < -0.4 is 5.32 Å². The summed E-state index contributed by atoms with van der Waals surface area (Å²) >= 11 is 2.40. The Morgan fingerprint density at radius 1 is 1.12 bits per heavy atom. The van der Waals surface area contributed by atoms with E-state index >= 15 is 0 Å². The highest BCUT2D eigenvalue weighted by Gasteiger charge is 2.14. The number of amides is 1. The first-order valence-corrected chi connectivity index (χ1v) is 8.68. The van der Waals surface area contributed by atoms with Crippen LogP contribution in [0.3, 0.4) is 0 Å². The van der Waals surface area contributed by atoms with Gasteiger partial charge in [0.25, 0.3) is 0 Å². The maximum absolute atomic E-state index is 11.6. The van der Waals surface area contributed by atoms with Crippen LogP contribution in [0, 0.1) is 5.92 Å². The predicted molar refractivity (Wildman–Crippen MR) is 81.6 cm³/mol. The molecule has 1 saturated carbocycles. The minimum Gasteiger partial charge on any atom is -0.356 e. The molecule has 0 heterocycles. The highest BCUT2D eigenvalue weighted by atomic mass is 127. The van der Waals surface area contributed by atoms with Crippen molar-refractivity contribution in [2.24, 2.45) is 5.92 Å². The third-order valence-electron chi connectivity index (χ3n) is 3.64. The van der Waals surface area contributed by atoms with Crippen molar-refractivity contribution in [2.45, 2.75) is 64.2 Å². The summed E-state index contributed by atoms with van der Waals surface area (Å²) in [4.78, 5) is 11.6. The molecule has 0 aromatic heterocycles. The number of halogens is 1. The molecule has 1 fully saturated rings. The highest BCUT2D eigenvalue weighted by molar-refractivity contribution is 14.1. The van der Waals surface area contributed by atoms with Crippen LogP contribution in [0.15, 0.2) is 0 Å². The molecule has 0 aliphatic heterocycles. The van der Waals surface area contributed by atoms with Crippen molar-refractivity contribution in [2.75, 3.05) is 11.0 Å². The molecule has 0 radical (unpaired) electrons. The molecule has 0 saturated heterocycles. The zero-order chi connectivity index (χ0) is 12.3. The molecule has 1 aliphatic rings. The van der Waals surface area contributed by atoms with Gasteiger partial charge in [-0.2, -0.15) is 0 Å². The van der Waals surface area contributed by atoms with E-state index in [4.69, 9.17) is 0 Å². The van der Waals surface area contributed by atoms with E-state index in [-0.39, 0.29) is 5.91 Å². The van der Waals surface area contributed by atoms with Crippen molar-refractivity contribution in [3.63, 3.8) is 0 Å². The van der Waals surface area contributed by atoms with Crippen molar-refractivity contribution < 1.29 is 4.79 Å². The largest absolute Gasteiger partial charge is 0.356 e. The standard InChI is InChI=1S/C14H26INO/c15-11-5-2-6-12-16-14(17)10-9-13-7-3-1-4-8-13/h13H,1-12H2,(H,16,17). The van der Waals surface area contributed by atoms with Gasteiger partial charge in [-0.15, -0.1) is 0 Å². The van der Waals surface area contributed by atoms with Crippen LogP contribution in [0.2, 0.25) is 0 Å².